The Hall–Kier alpha value is -1.65. The van der Waals surface area contributed by atoms with E-state index < -0.39 is 0 Å². The van der Waals surface area contributed by atoms with Crippen molar-refractivity contribution in [3.05, 3.63) is 54.1 Å². The first kappa shape index (κ1) is 16.2. The van der Waals surface area contributed by atoms with E-state index in [1.807, 2.05) is 30.0 Å². The second-order valence-corrected chi connectivity index (χ2v) is 7.17. The lowest BCUT2D eigenvalue weighted by Gasteiger charge is -2.36. The van der Waals surface area contributed by atoms with Gasteiger partial charge < -0.3 is 10.0 Å². The maximum absolute atomic E-state index is 9.98. The molecule has 1 N–H and O–H groups in total. The van der Waals surface area contributed by atoms with E-state index in [1.54, 1.807) is 6.07 Å². The number of benzene rings is 2. The van der Waals surface area contributed by atoms with Gasteiger partial charge in [0.25, 0.3) is 0 Å². The Labute approximate surface area is 142 Å². The summed E-state index contributed by atoms with van der Waals surface area (Å²) in [4.78, 5) is 6.10. The number of thioether (sulfide) groups is 1. The largest absolute Gasteiger partial charge is 0.506 e. The zero-order valence-electron chi connectivity index (χ0n) is 13.6. The van der Waals surface area contributed by atoms with Gasteiger partial charge in [-0.2, -0.15) is 0 Å². The predicted octanol–water partition coefficient (Wildman–Crippen LogP) is 3.83. The molecule has 23 heavy (non-hydrogen) atoms. The van der Waals surface area contributed by atoms with Crippen LogP contribution in [-0.2, 0) is 6.54 Å². The van der Waals surface area contributed by atoms with Gasteiger partial charge in [0.2, 0.25) is 0 Å². The van der Waals surface area contributed by atoms with Gasteiger partial charge in [0, 0.05) is 37.6 Å². The minimum absolute atomic E-state index is 0.380. The number of para-hydroxylation sites is 2. The molecule has 1 heterocycles. The van der Waals surface area contributed by atoms with E-state index in [0.717, 1.165) is 44.2 Å². The molecule has 1 aliphatic rings. The molecule has 0 spiro atoms. The van der Waals surface area contributed by atoms with Crippen molar-refractivity contribution in [2.45, 2.75) is 18.4 Å². The van der Waals surface area contributed by atoms with Crippen LogP contribution < -0.4 is 4.90 Å². The molecule has 122 valence electrons. The molecule has 2 aromatic carbocycles. The summed E-state index contributed by atoms with van der Waals surface area (Å²) in [6.45, 7) is 7.16. The lowest BCUT2D eigenvalue weighted by atomic mass is 10.2. The lowest BCUT2D eigenvalue weighted by Crippen LogP contribution is -2.45. The highest BCUT2D eigenvalue weighted by Gasteiger charge is 2.18. The third kappa shape index (κ3) is 4.21. The molecular formula is C19H24N2OS. The van der Waals surface area contributed by atoms with Crippen LogP contribution in [0.2, 0.25) is 0 Å². The number of nitrogens with zero attached hydrogens (tertiary/aromatic N) is 2. The van der Waals surface area contributed by atoms with Crippen LogP contribution in [0.15, 0.2) is 53.4 Å². The van der Waals surface area contributed by atoms with E-state index in [-0.39, 0.29) is 0 Å². The van der Waals surface area contributed by atoms with Crippen LogP contribution in [0.1, 0.15) is 12.5 Å². The molecule has 2 aromatic rings. The van der Waals surface area contributed by atoms with Crippen molar-refractivity contribution >= 4 is 17.4 Å². The summed E-state index contributed by atoms with van der Waals surface area (Å²) in [7, 11) is 0. The molecule has 0 bridgehead atoms. The fourth-order valence-electron chi connectivity index (χ4n) is 2.99. The zero-order valence-corrected chi connectivity index (χ0v) is 14.4. The summed E-state index contributed by atoms with van der Waals surface area (Å²) in [6, 6.07) is 16.5. The Morgan fingerprint density at radius 2 is 1.65 bits per heavy atom. The molecule has 3 rings (SSSR count). The maximum atomic E-state index is 9.98. The average Bonchev–Trinajstić information content (AvgIpc) is 2.58. The highest BCUT2D eigenvalue weighted by molar-refractivity contribution is 7.99. The van der Waals surface area contributed by atoms with Crippen LogP contribution in [0.3, 0.4) is 0 Å². The van der Waals surface area contributed by atoms with Crippen LogP contribution in [0.25, 0.3) is 0 Å². The van der Waals surface area contributed by atoms with Crippen LogP contribution in [0.5, 0.6) is 5.75 Å². The molecule has 0 saturated carbocycles. The van der Waals surface area contributed by atoms with Gasteiger partial charge >= 0.3 is 0 Å². The average molecular weight is 328 g/mol. The van der Waals surface area contributed by atoms with Crippen LogP contribution in [-0.4, -0.2) is 41.9 Å². The summed E-state index contributed by atoms with van der Waals surface area (Å²) < 4.78 is 0. The molecule has 0 aliphatic carbocycles. The topological polar surface area (TPSA) is 26.7 Å². The van der Waals surface area contributed by atoms with Crippen molar-refractivity contribution in [2.75, 3.05) is 36.8 Å². The van der Waals surface area contributed by atoms with Gasteiger partial charge in [-0.15, -0.1) is 11.8 Å². The molecule has 0 radical (unpaired) electrons. The summed E-state index contributed by atoms with van der Waals surface area (Å²) in [5, 5.41) is 9.98. The minimum atomic E-state index is 0.380. The summed E-state index contributed by atoms with van der Waals surface area (Å²) in [5.74, 6) is 1.50. The van der Waals surface area contributed by atoms with Gasteiger partial charge in [-0.1, -0.05) is 31.2 Å². The first-order valence-corrected chi connectivity index (χ1v) is 9.22. The summed E-state index contributed by atoms with van der Waals surface area (Å²) in [6.07, 6.45) is 0. The second-order valence-electron chi connectivity index (χ2n) is 5.83. The number of aromatic hydroxyl groups is 1. The number of phenols is 1. The highest BCUT2D eigenvalue weighted by atomic mass is 32.2. The van der Waals surface area contributed by atoms with E-state index >= 15 is 0 Å². The molecule has 1 fully saturated rings. The van der Waals surface area contributed by atoms with Crippen molar-refractivity contribution in [1.82, 2.24) is 4.90 Å². The fraction of sp³-hybridized carbons (Fsp3) is 0.368. The number of anilines is 1. The Balaban J connectivity index is 1.54. The van der Waals surface area contributed by atoms with Crippen LogP contribution in [0.4, 0.5) is 5.69 Å². The van der Waals surface area contributed by atoms with E-state index in [2.05, 4.69) is 41.0 Å². The quantitative estimate of drug-likeness (QED) is 0.844. The first-order chi connectivity index (χ1) is 11.3. The van der Waals surface area contributed by atoms with Crippen LogP contribution >= 0.6 is 11.8 Å². The number of phenolic OH excluding ortho intramolecular Hbond substituents is 1. The van der Waals surface area contributed by atoms with E-state index in [0.29, 0.717) is 5.75 Å². The Morgan fingerprint density at radius 3 is 2.30 bits per heavy atom. The Bertz CT molecular complexity index is 622. The molecule has 0 atom stereocenters. The van der Waals surface area contributed by atoms with Gasteiger partial charge in [0.15, 0.2) is 0 Å². The third-order valence-electron chi connectivity index (χ3n) is 4.24. The summed E-state index contributed by atoms with van der Waals surface area (Å²) >= 11 is 1.89. The second kappa shape index (κ2) is 7.75. The highest BCUT2D eigenvalue weighted by Crippen LogP contribution is 2.27. The molecule has 0 amide bonds. The normalized spacial score (nSPS) is 15.8. The van der Waals surface area contributed by atoms with Gasteiger partial charge in [-0.3, -0.25) is 4.90 Å². The van der Waals surface area contributed by atoms with E-state index in [4.69, 9.17) is 0 Å². The van der Waals surface area contributed by atoms with Gasteiger partial charge in [0.05, 0.1) is 5.69 Å². The molecule has 0 unspecified atom stereocenters. The smallest absolute Gasteiger partial charge is 0.138 e. The third-order valence-corrected chi connectivity index (χ3v) is 5.13. The standard InChI is InChI=1S/C19H24N2OS/c1-2-23-17-9-7-16(8-10-17)15-20-11-13-21(14-12-20)18-5-3-4-6-19(18)22/h3-10,22H,2,11-15H2,1H3. The molecule has 4 heteroatoms. The van der Waals surface area contributed by atoms with Gasteiger partial charge in [0.1, 0.15) is 5.75 Å². The van der Waals surface area contributed by atoms with Crippen molar-refractivity contribution < 1.29 is 5.11 Å². The van der Waals surface area contributed by atoms with Crippen LogP contribution in [0, 0.1) is 0 Å². The minimum Gasteiger partial charge on any atom is -0.506 e. The predicted molar refractivity (Wildman–Crippen MR) is 98.4 cm³/mol. The van der Waals surface area contributed by atoms with Crippen molar-refractivity contribution in [1.29, 1.82) is 0 Å². The Morgan fingerprint density at radius 1 is 0.957 bits per heavy atom. The number of rotatable bonds is 5. The SMILES string of the molecule is CCSc1ccc(CN2CCN(c3ccccc3O)CC2)cc1. The van der Waals surface area contributed by atoms with Gasteiger partial charge in [-0.05, 0) is 35.6 Å². The zero-order chi connectivity index (χ0) is 16.1. The van der Waals surface area contributed by atoms with Crippen molar-refractivity contribution in [3.63, 3.8) is 0 Å². The first-order valence-electron chi connectivity index (χ1n) is 8.23. The van der Waals surface area contributed by atoms with E-state index in [9.17, 15) is 5.11 Å². The molecule has 1 saturated heterocycles. The van der Waals surface area contributed by atoms with Crippen molar-refractivity contribution in [2.24, 2.45) is 0 Å². The number of hydrogen-bond donors (Lipinski definition) is 1. The number of piperazine rings is 1. The summed E-state index contributed by atoms with van der Waals surface area (Å²) in [5.41, 5.74) is 2.33. The van der Waals surface area contributed by atoms with E-state index in [1.165, 1.54) is 10.5 Å². The number of hydrogen-bond acceptors (Lipinski definition) is 4. The molecular weight excluding hydrogens is 304 g/mol. The monoisotopic (exact) mass is 328 g/mol. The van der Waals surface area contributed by atoms with Crippen molar-refractivity contribution in [3.8, 4) is 5.75 Å². The maximum Gasteiger partial charge on any atom is 0.138 e. The molecule has 0 aromatic heterocycles. The van der Waals surface area contributed by atoms with Gasteiger partial charge in [-0.25, -0.2) is 0 Å². The molecule has 1 aliphatic heterocycles. The fourth-order valence-corrected chi connectivity index (χ4v) is 3.66. The Kier molecular flexibility index (Phi) is 5.47. The lowest BCUT2D eigenvalue weighted by molar-refractivity contribution is 0.249. The molecule has 3 nitrogen and oxygen atoms in total.